The monoisotopic (exact) mass is 306 g/mol. The Labute approximate surface area is 121 Å². The van der Waals surface area contributed by atoms with Crippen molar-refractivity contribution in [2.45, 2.75) is 32.7 Å². The van der Waals surface area contributed by atoms with Crippen LogP contribution < -0.4 is 16.0 Å². The van der Waals surface area contributed by atoms with Gasteiger partial charge in [0.25, 0.3) is 0 Å². The molecule has 0 saturated carbocycles. The van der Waals surface area contributed by atoms with Gasteiger partial charge in [0.1, 0.15) is 9.84 Å². The van der Waals surface area contributed by atoms with Crippen LogP contribution in [0.15, 0.2) is 4.99 Å². The zero-order valence-corrected chi connectivity index (χ0v) is 13.7. The van der Waals surface area contributed by atoms with E-state index in [4.69, 9.17) is 0 Å². The summed E-state index contributed by atoms with van der Waals surface area (Å²) >= 11 is 0. The number of sulfone groups is 1. The second-order valence-corrected chi connectivity index (χ2v) is 7.89. The molecule has 0 aliphatic heterocycles. The molecule has 0 saturated heterocycles. The van der Waals surface area contributed by atoms with Crippen LogP contribution in [0, 0.1) is 0 Å². The smallest absolute Gasteiger partial charge is 0.239 e. The Morgan fingerprint density at radius 2 is 1.80 bits per heavy atom. The van der Waals surface area contributed by atoms with Crippen molar-refractivity contribution in [2.75, 3.05) is 32.1 Å². The van der Waals surface area contributed by atoms with E-state index in [1.165, 1.54) is 6.26 Å². The highest BCUT2D eigenvalue weighted by Crippen LogP contribution is 1.97. The van der Waals surface area contributed by atoms with Crippen LogP contribution in [0.2, 0.25) is 0 Å². The van der Waals surface area contributed by atoms with Crippen molar-refractivity contribution >= 4 is 21.7 Å². The summed E-state index contributed by atoms with van der Waals surface area (Å²) in [6.07, 6.45) is 1.70. The van der Waals surface area contributed by atoms with Crippen LogP contribution >= 0.6 is 0 Å². The number of hydrogen-bond donors (Lipinski definition) is 3. The van der Waals surface area contributed by atoms with Gasteiger partial charge in [-0.2, -0.15) is 0 Å². The fraction of sp³-hybridized carbons (Fsp3) is 0.833. The minimum absolute atomic E-state index is 0.114. The maximum absolute atomic E-state index is 11.6. The molecule has 20 heavy (non-hydrogen) atoms. The van der Waals surface area contributed by atoms with Crippen LogP contribution in [0.1, 0.15) is 27.2 Å². The average Bonchev–Trinajstić information content (AvgIpc) is 2.24. The summed E-state index contributed by atoms with van der Waals surface area (Å²) in [5.41, 5.74) is -0.273. The fourth-order valence-corrected chi connectivity index (χ4v) is 2.06. The molecular formula is C12H26N4O3S. The SMILES string of the molecule is CN=C(NCCCS(C)(=O)=O)NCC(=O)NC(C)(C)C. The molecule has 0 aromatic heterocycles. The van der Waals surface area contributed by atoms with Gasteiger partial charge >= 0.3 is 0 Å². The number of aliphatic imine (C=N–C) groups is 1. The number of nitrogens with one attached hydrogen (secondary N) is 3. The number of hydrogen-bond acceptors (Lipinski definition) is 4. The third-order valence-corrected chi connectivity index (χ3v) is 3.17. The number of carbonyl (C=O) groups excluding carboxylic acids is 1. The topological polar surface area (TPSA) is 99.7 Å². The van der Waals surface area contributed by atoms with Crippen LogP contribution in [0.5, 0.6) is 0 Å². The quantitative estimate of drug-likeness (QED) is 0.349. The highest BCUT2D eigenvalue weighted by atomic mass is 32.2. The molecule has 0 atom stereocenters. The Hall–Kier alpha value is -1.31. The molecule has 8 heteroatoms. The zero-order valence-electron chi connectivity index (χ0n) is 12.9. The molecule has 0 rings (SSSR count). The predicted molar refractivity (Wildman–Crippen MR) is 81.6 cm³/mol. The minimum Gasteiger partial charge on any atom is -0.356 e. The van der Waals surface area contributed by atoms with Crippen LogP contribution in [-0.2, 0) is 14.6 Å². The van der Waals surface area contributed by atoms with Gasteiger partial charge in [-0.15, -0.1) is 0 Å². The van der Waals surface area contributed by atoms with Gasteiger partial charge in [0.2, 0.25) is 5.91 Å². The van der Waals surface area contributed by atoms with Crippen molar-refractivity contribution in [1.82, 2.24) is 16.0 Å². The maximum atomic E-state index is 11.6. The van der Waals surface area contributed by atoms with Gasteiger partial charge in [0.05, 0.1) is 12.3 Å². The molecule has 0 unspecified atom stereocenters. The van der Waals surface area contributed by atoms with Gasteiger partial charge in [-0.25, -0.2) is 8.42 Å². The van der Waals surface area contributed by atoms with Crippen LogP contribution in [0.25, 0.3) is 0 Å². The van der Waals surface area contributed by atoms with E-state index in [1.807, 2.05) is 20.8 Å². The van der Waals surface area contributed by atoms with Crippen molar-refractivity contribution < 1.29 is 13.2 Å². The van der Waals surface area contributed by atoms with Crippen molar-refractivity contribution in [3.8, 4) is 0 Å². The molecule has 0 aliphatic rings. The summed E-state index contributed by atoms with van der Waals surface area (Å²) < 4.78 is 21.9. The molecule has 0 fully saturated rings. The molecule has 0 aromatic carbocycles. The van der Waals surface area contributed by atoms with E-state index >= 15 is 0 Å². The Bertz CT molecular complexity index is 438. The first kappa shape index (κ1) is 18.7. The van der Waals surface area contributed by atoms with E-state index in [1.54, 1.807) is 7.05 Å². The summed E-state index contributed by atoms with van der Waals surface area (Å²) in [4.78, 5) is 15.6. The molecule has 0 aromatic rings. The van der Waals surface area contributed by atoms with E-state index in [2.05, 4.69) is 20.9 Å². The van der Waals surface area contributed by atoms with E-state index in [9.17, 15) is 13.2 Å². The lowest BCUT2D eigenvalue weighted by Crippen LogP contribution is -2.48. The standard InChI is InChI=1S/C12H26N4O3S/c1-12(2,3)16-10(17)9-15-11(13-4)14-7-6-8-20(5,18)19/h6-9H2,1-5H3,(H,16,17)(H2,13,14,15). The van der Waals surface area contributed by atoms with E-state index in [-0.39, 0.29) is 23.7 Å². The third kappa shape index (κ3) is 11.8. The van der Waals surface area contributed by atoms with Gasteiger partial charge in [-0.05, 0) is 27.2 Å². The lowest BCUT2D eigenvalue weighted by Gasteiger charge is -2.21. The third-order valence-electron chi connectivity index (χ3n) is 2.14. The number of guanidine groups is 1. The first-order chi connectivity index (χ1) is 9.03. The van der Waals surface area contributed by atoms with Crippen LogP contribution in [-0.4, -0.2) is 58.0 Å². The van der Waals surface area contributed by atoms with E-state index < -0.39 is 9.84 Å². The molecule has 118 valence electrons. The van der Waals surface area contributed by atoms with E-state index in [0.717, 1.165) is 0 Å². The lowest BCUT2D eigenvalue weighted by atomic mass is 10.1. The summed E-state index contributed by atoms with van der Waals surface area (Å²) in [6.45, 7) is 6.31. The Balaban J connectivity index is 3.98. The number of rotatable bonds is 6. The predicted octanol–water partition coefficient (Wildman–Crippen LogP) is -0.499. The van der Waals surface area contributed by atoms with Crippen molar-refractivity contribution in [2.24, 2.45) is 4.99 Å². The Morgan fingerprint density at radius 3 is 2.25 bits per heavy atom. The second kappa shape index (κ2) is 8.08. The molecule has 7 nitrogen and oxygen atoms in total. The average molecular weight is 306 g/mol. The Kier molecular flexibility index (Phi) is 7.55. The first-order valence-corrected chi connectivity index (χ1v) is 8.53. The molecule has 3 N–H and O–H groups in total. The van der Waals surface area contributed by atoms with Gasteiger partial charge in [0.15, 0.2) is 5.96 Å². The van der Waals surface area contributed by atoms with E-state index in [0.29, 0.717) is 18.9 Å². The highest BCUT2D eigenvalue weighted by molar-refractivity contribution is 7.90. The molecular weight excluding hydrogens is 280 g/mol. The largest absolute Gasteiger partial charge is 0.356 e. The van der Waals surface area contributed by atoms with Crippen molar-refractivity contribution in [3.63, 3.8) is 0 Å². The molecule has 0 radical (unpaired) electrons. The van der Waals surface area contributed by atoms with Gasteiger partial charge in [-0.3, -0.25) is 9.79 Å². The molecule has 0 aliphatic carbocycles. The summed E-state index contributed by atoms with van der Waals surface area (Å²) in [5, 5.41) is 8.64. The number of carbonyl (C=O) groups is 1. The van der Waals surface area contributed by atoms with Gasteiger partial charge in [0, 0.05) is 25.4 Å². The van der Waals surface area contributed by atoms with Crippen molar-refractivity contribution in [3.05, 3.63) is 0 Å². The molecule has 0 bridgehead atoms. The summed E-state index contributed by atoms with van der Waals surface area (Å²) in [5.74, 6) is 0.473. The first-order valence-electron chi connectivity index (χ1n) is 6.47. The molecule has 0 spiro atoms. The molecule has 0 heterocycles. The van der Waals surface area contributed by atoms with Gasteiger partial charge < -0.3 is 16.0 Å². The number of nitrogens with zero attached hydrogens (tertiary/aromatic N) is 1. The van der Waals surface area contributed by atoms with Crippen LogP contribution in [0.4, 0.5) is 0 Å². The van der Waals surface area contributed by atoms with Crippen LogP contribution in [0.3, 0.4) is 0 Å². The zero-order chi connectivity index (χ0) is 15.8. The molecule has 1 amide bonds. The summed E-state index contributed by atoms with van der Waals surface area (Å²) in [7, 11) is -1.35. The van der Waals surface area contributed by atoms with Gasteiger partial charge in [-0.1, -0.05) is 0 Å². The Morgan fingerprint density at radius 1 is 1.20 bits per heavy atom. The number of amides is 1. The lowest BCUT2D eigenvalue weighted by molar-refractivity contribution is -0.121. The fourth-order valence-electron chi connectivity index (χ4n) is 1.39. The minimum atomic E-state index is -2.94. The van der Waals surface area contributed by atoms with Crippen molar-refractivity contribution in [1.29, 1.82) is 0 Å². The summed E-state index contributed by atoms with van der Waals surface area (Å²) in [6, 6.07) is 0. The maximum Gasteiger partial charge on any atom is 0.239 e. The highest BCUT2D eigenvalue weighted by Gasteiger charge is 2.13. The normalized spacial score (nSPS) is 12.9. The second-order valence-electron chi connectivity index (χ2n) is 5.63.